The maximum atomic E-state index is 11.7. The number of ether oxygens (including phenoxy) is 1. The van der Waals surface area contributed by atoms with Crippen LogP contribution in [0.4, 0.5) is 17.1 Å². The quantitative estimate of drug-likeness (QED) is 0.473. The zero-order valence-electron chi connectivity index (χ0n) is 16.6. The molecule has 1 aromatic heterocycles. The second-order valence-electron chi connectivity index (χ2n) is 6.94. The summed E-state index contributed by atoms with van der Waals surface area (Å²) in [5.41, 5.74) is 2.81. The van der Waals surface area contributed by atoms with E-state index in [1.165, 1.54) is 0 Å². The number of anilines is 2. The van der Waals surface area contributed by atoms with Crippen LogP contribution in [0.2, 0.25) is 0 Å². The van der Waals surface area contributed by atoms with E-state index >= 15 is 0 Å². The summed E-state index contributed by atoms with van der Waals surface area (Å²) in [6.45, 7) is 4.64. The van der Waals surface area contributed by atoms with E-state index in [1.54, 1.807) is 31.3 Å². The molecule has 1 aliphatic rings. The Morgan fingerprint density at radius 1 is 1.13 bits per heavy atom. The van der Waals surface area contributed by atoms with Crippen molar-refractivity contribution < 1.29 is 9.66 Å². The van der Waals surface area contributed by atoms with E-state index in [0.717, 1.165) is 16.6 Å². The van der Waals surface area contributed by atoms with Crippen molar-refractivity contribution in [1.82, 2.24) is 4.98 Å². The monoisotopic (exact) mass is 403 g/mol. The van der Waals surface area contributed by atoms with Gasteiger partial charge in [0.15, 0.2) is 5.75 Å². The van der Waals surface area contributed by atoms with E-state index < -0.39 is 0 Å². The van der Waals surface area contributed by atoms with Crippen molar-refractivity contribution in [3.05, 3.63) is 64.3 Å². The molecular weight excluding hydrogens is 382 g/mol. The van der Waals surface area contributed by atoms with Crippen molar-refractivity contribution in [3.63, 3.8) is 0 Å². The summed E-state index contributed by atoms with van der Waals surface area (Å²) >= 11 is 0. The van der Waals surface area contributed by atoms with Crippen molar-refractivity contribution in [1.29, 1.82) is 5.26 Å². The van der Waals surface area contributed by atoms with Gasteiger partial charge in [0.05, 0.1) is 28.3 Å². The fraction of sp³-hybridized carbons (Fsp3) is 0.273. The van der Waals surface area contributed by atoms with Crippen LogP contribution in [0.15, 0.2) is 48.7 Å². The van der Waals surface area contributed by atoms with Gasteiger partial charge >= 0.3 is 5.69 Å². The van der Waals surface area contributed by atoms with Gasteiger partial charge in [-0.05, 0) is 25.1 Å². The molecule has 8 heteroatoms. The van der Waals surface area contributed by atoms with Crippen LogP contribution in [-0.4, -0.2) is 42.7 Å². The Morgan fingerprint density at radius 3 is 2.57 bits per heavy atom. The molecule has 0 spiro atoms. The molecule has 2 aromatic carbocycles. The van der Waals surface area contributed by atoms with Crippen LogP contribution in [0.25, 0.3) is 10.9 Å². The van der Waals surface area contributed by atoms with E-state index in [2.05, 4.69) is 16.0 Å². The third kappa shape index (κ3) is 3.46. The lowest BCUT2D eigenvalue weighted by molar-refractivity contribution is -0.385. The molecule has 0 N–H and O–H groups in total. The molecule has 1 aliphatic heterocycles. The number of hydrogen-bond donors (Lipinski definition) is 0. The fourth-order valence-electron chi connectivity index (χ4n) is 3.94. The van der Waals surface area contributed by atoms with E-state index in [0.29, 0.717) is 44.0 Å². The van der Waals surface area contributed by atoms with Crippen LogP contribution in [0.5, 0.6) is 5.75 Å². The van der Waals surface area contributed by atoms with Gasteiger partial charge in [0.1, 0.15) is 11.8 Å². The number of para-hydroxylation sites is 2. The largest absolute Gasteiger partial charge is 0.487 e. The molecule has 4 rings (SSSR count). The van der Waals surface area contributed by atoms with Gasteiger partial charge in [-0.15, -0.1) is 0 Å². The normalized spacial score (nSPS) is 13.9. The van der Waals surface area contributed by atoms with Crippen LogP contribution in [0.3, 0.4) is 0 Å². The van der Waals surface area contributed by atoms with E-state index in [9.17, 15) is 15.4 Å². The Morgan fingerprint density at radius 2 is 1.87 bits per heavy atom. The van der Waals surface area contributed by atoms with Gasteiger partial charge in [0, 0.05) is 37.8 Å². The lowest BCUT2D eigenvalue weighted by atomic mass is 10.1. The minimum atomic E-state index is -0.378. The molecule has 3 aromatic rings. The summed E-state index contributed by atoms with van der Waals surface area (Å²) in [7, 11) is 0. The number of hydrogen-bond acceptors (Lipinski definition) is 7. The van der Waals surface area contributed by atoms with E-state index in [-0.39, 0.29) is 16.4 Å². The van der Waals surface area contributed by atoms with Crippen molar-refractivity contribution in [2.24, 2.45) is 0 Å². The third-order valence-corrected chi connectivity index (χ3v) is 5.26. The summed E-state index contributed by atoms with van der Waals surface area (Å²) in [5, 5.41) is 22.3. The molecule has 0 amide bonds. The summed E-state index contributed by atoms with van der Waals surface area (Å²) in [5.74, 6) is 0.286. The van der Waals surface area contributed by atoms with Crippen LogP contribution in [0, 0.1) is 21.4 Å². The number of rotatable bonds is 5. The topological polar surface area (TPSA) is 95.5 Å². The number of pyridine rings is 1. The lowest BCUT2D eigenvalue weighted by Crippen LogP contribution is -2.47. The standard InChI is InChI=1S/C22H21N5O3/c1-2-30-20-9-5-8-19(22(20)27(28)29)25-10-12-26(13-11-25)21-16(14-23)15-24-18-7-4-3-6-17(18)21/h3-9,15H,2,10-13H2,1H3. The van der Waals surface area contributed by atoms with Crippen LogP contribution in [0.1, 0.15) is 12.5 Å². The number of nitro benzene ring substituents is 1. The summed E-state index contributed by atoms with van der Waals surface area (Å²) in [4.78, 5) is 19.9. The van der Waals surface area contributed by atoms with Crippen LogP contribution in [-0.2, 0) is 0 Å². The van der Waals surface area contributed by atoms with Gasteiger partial charge in [-0.3, -0.25) is 15.1 Å². The number of piperazine rings is 1. The Balaban J connectivity index is 1.64. The smallest absolute Gasteiger partial charge is 0.333 e. The first kappa shape index (κ1) is 19.5. The summed E-state index contributed by atoms with van der Waals surface area (Å²) < 4.78 is 5.48. The highest BCUT2D eigenvalue weighted by molar-refractivity contribution is 5.94. The SMILES string of the molecule is CCOc1cccc(N2CCN(c3c(C#N)cnc4ccccc34)CC2)c1[N+](=O)[O-]. The van der Waals surface area contributed by atoms with Crippen LogP contribution < -0.4 is 14.5 Å². The predicted octanol–water partition coefficient (Wildman–Crippen LogP) is 3.74. The second-order valence-corrected chi connectivity index (χ2v) is 6.94. The highest BCUT2D eigenvalue weighted by atomic mass is 16.6. The number of nitriles is 1. The van der Waals surface area contributed by atoms with E-state index in [1.807, 2.05) is 29.2 Å². The molecular formula is C22H21N5O3. The molecule has 1 saturated heterocycles. The molecule has 2 heterocycles. The predicted molar refractivity (Wildman–Crippen MR) is 115 cm³/mol. The number of nitrogens with zero attached hydrogens (tertiary/aromatic N) is 5. The molecule has 152 valence electrons. The first-order valence-electron chi connectivity index (χ1n) is 9.82. The Hall–Kier alpha value is -3.86. The number of aromatic nitrogens is 1. The number of benzene rings is 2. The highest BCUT2D eigenvalue weighted by Gasteiger charge is 2.28. The second kappa shape index (κ2) is 8.25. The fourth-order valence-corrected chi connectivity index (χ4v) is 3.94. The lowest BCUT2D eigenvalue weighted by Gasteiger charge is -2.37. The zero-order chi connectivity index (χ0) is 21.1. The Labute approximate surface area is 174 Å². The average molecular weight is 403 g/mol. The van der Waals surface area contributed by atoms with Gasteiger partial charge in [-0.2, -0.15) is 5.26 Å². The Kier molecular flexibility index (Phi) is 5.35. The van der Waals surface area contributed by atoms with Crippen molar-refractivity contribution in [3.8, 4) is 11.8 Å². The van der Waals surface area contributed by atoms with E-state index in [4.69, 9.17) is 4.74 Å². The molecule has 0 bridgehead atoms. The molecule has 0 saturated carbocycles. The molecule has 30 heavy (non-hydrogen) atoms. The molecule has 8 nitrogen and oxygen atoms in total. The minimum Gasteiger partial charge on any atom is -0.487 e. The third-order valence-electron chi connectivity index (χ3n) is 5.26. The van der Waals surface area contributed by atoms with Crippen molar-refractivity contribution in [2.75, 3.05) is 42.6 Å². The molecule has 0 atom stereocenters. The van der Waals surface area contributed by atoms with Crippen LogP contribution >= 0.6 is 0 Å². The Bertz CT molecular complexity index is 1130. The number of fused-ring (bicyclic) bond motifs is 1. The van der Waals surface area contributed by atoms with Gasteiger partial charge < -0.3 is 14.5 Å². The van der Waals surface area contributed by atoms with Gasteiger partial charge in [-0.25, -0.2) is 0 Å². The summed E-state index contributed by atoms with van der Waals surface area (Å²) in [6.07, 6.45) is 1.61. The molecule has 0 aliphatic carbocycles. The maximum absolute atomic E-state index is 11.7. The molecule has 1 fully saturated rings. The van der Waals surface area contributed by atoms with Gasteiger partial charge in [0.25, 0.3) is 0 Å². The average Bonchev–Trinajstić information content (AvgIpc) is 2.78. The first-order chi connectivity index (χ1) is 14.6. The van der Waals surface area contributed by atoms with Gasteiger partial charge in [0.2, 0.25) is 0 Å². The molecule has 0 unspecified atom stereocenters. The van der Waals surface area contributed by atoms with Crippen molar-refractivity contribution >= 4 is 28.0 Å². The maximum Gasteiger partial charge on any atom is 0.333 e. The minimum absolute atomic E-state index is 0.000116. The molecule has 0 radical (unpaired) electrons. The van der Waals surface area contributed by atoms with Crippen molar-refractivity contribution in [2.45, 2.75) is 6.92 Å². The summed E-state index contributed by atoms with van der Waals surface area (Å²) in [6, 6.07) is 15.2. The number of nitro groups is 1. The first-order valence-corrected chi connectivity index (χ1v) is 9.82. The zero-order valence-corrected chi connectivity index (χ0v) is 16.6. The van der Waals surface area contributed by atoms with Gasteiger partial charge in [-0.1, -0.05) is 24.3 Å². The highest BCUT2D eigenvalue weighted by Crippen LogP contribution is 2.38.